The Bertz CT molecular complexity index is 1140. The lowest BCUT2D eigenvalue weighted by Crippen LogP contribution is -2.69. The van der Waals surface area contributed by atoms with Gasteiger partial charge in [0.15, 0.2) is 18.7 Å². The van der Waals surface area contributed by atoms with Gasteiger partial charge in [-0.3, -0.25) is 13.7 Å². The molecule has 0 aromatic heterocycles. The van der Waals surface area contributed by atoms with E-state index in [9.17, 15) is 49.9 Å². The van der Waals surface area contributed by atoms with Gasteiger partial charge in [-0.15, -0.1) is 0 Å². The van der Waals surface area contributed by atoms with Gasteiger partial charge in [0, 0.05) is 14.2 Å². The highest BCUT2D eigenvalue weighted by Crippen LogP contribution is 2.31. The Morgan fingerprint density at radius 1 is 0.816 bits per heavy atom. The highest BCUT2D eigenvalue weighted by molar-refractivity contribution is 7.84. The molecular formula is C14H26N2O19S3. The molecule has 0 aromatic carbocycles. The van der Waals surface area contributed by atoms with Crippen LogP contribution in [0.4, 0.5) is 0 Å². The largest absolute Gasteiger partial charge is 0.479 e. The van der Waals surface area contributed by atoms with Crippen molar-refractivity contribution in [3.8, 4) is 0 Å². The third-order valence-electron chi connectivity index (χ3n) is 5.24. The van der Waals surface area contributed by atoms with Gasteiger partial charge in [0.25, 0.3) is 0 Å². The Hall–Kier alpha value is -1.20. The number of methoxy groups -OCH3 is 2. The van der Waals surface area contributed by atoms with E-state index in [0.717, 1.165) is 14.2 Å². The number of aliphatic hydroxyl groups excluding tert-OH is 2. The van der Waals surface area contributed by atoms with E-state index in [1.807, 2.05) is 0 Å². The lowest BCUT2D eigenvalue weighted by Gasteiger charge is -2.47. The maximum Gasteiger partial charge on any atom is 0.397 e. The van der Waals surface area contributed by atoms with Crippen LogP contribution in [-0.2, 0) is 63.7 Å². The van der Waals surface area contributed by atoms with E-state index in [4.69, 9.17) is 32.8 Å². The molecule has 0 unspecified atom stereocenters. The van der Waals surface area contributed by atoms with Crippen LogP contribution in [0.25, 0.3) is 0 Å². The van der Waals surface area contributed by atoms with Crippen molar-refractivity contribution in [3.05, 3.63) is 0 Å². The number of hydrogen-bond donors (Lipinski definition) is 8. The summed E-state index contributed by atoms with van der Waals surface area (Å²) in [6, 6.07) is -3.97. The summed E-state index contributed by atoms with van der Waals surface area (Å²) in [7, 11) is -13.5. The average Bonchev–Trinajstić information content (AvgIpc) is 2.75. The molecular weight excluding hydrogens is 596 g/mol. The van der Waals surface area contributed by atoms with Crippen LogP contribution in [0.15, 0.2) is 0 Å². The number of aliphatic carboxylic acids is 1. The Morgan fingerprint density at radius 3 is 1.74 bits per heavy atom. The first kappa shape index (κ1) is 33.0. The van der Waals surface area contributed by atoms with Crippen molar-refractivity contribution in [3.63, 3.8) is 0 Å². The molecule has 0 radical (unpaired) electrons. The zero-order valence-corrected chi connectivity index (χ0v) is 21.6. The van der Waals surface area contributed by atoms with Gasteiger partial charge in [0.2, 0.25) is 0 Å². The molecule has 2 rings (SSSR count). The number of ether oxygens (including phenoxy) is 5. The molecule has 0 spiro atoms. The third-order valence-corrected chi connectivity index (χ3v) is 6.81. The number of carboxylic acid groups (broad SMARTS) is 1. The van der Waals surface area contributed by atoms with Crippen LogP contribution in [-0.4, -0.2) is 142 Å². The average molecular weight is 623 g/mol. The zero-order chi connectivity index (χ0) is 29.2. The van der Waals surface area contributed by atoms with Gasteiger partial charge >= 0.3 is 37.0 Å². The molecule has 0 aliphatic carbocycles. The van der Waals surface area contributed by atoms with E-state index in [1.165, 1.54) is 4.72 Å². The fraction of sp³-hybridized carbons (Fsp3) is 0.929. The highest BCUT2D eigenvalue weighted by atomic mass is 32.3. The van der Waals surface area contributed by atoms with Gasteiger partial charge in [-0.25, -0.2) is 8.98 Å². The number of nitrogens with one attached hydrogen (secondary N) is 2. The predicted octanol–water partition coefficient (Wildman–Crippen LogP) is -5.37. The van der Waals surface area contributed by atoms with Crippen LogP contribution < -0.4 is 9.44 Å². The molecule has 8 N–H and O–H groups in total. The molecule has 2 fully saturated rings. The van der Waals surface area contributed by atoms with E-state index in [-0.39, 0.29) is 0 Å². The Balaban J connectivity index is 2.52. The normalized spacial score (nSPS) is 37.1. The summed E-state index contributed by atoms with van der Waals surface area (Å²) < 4.78 is 128. The van der Waals surface area contributed by atoms with Crippen molar-refractivity contribution < 1.29 is 86.9 Å². The second-order valence-corrected chi connectivity index (χ2v) is 11.2. The quantitative estimate of drug-likeness (QED) is 0.0941. The van der Waals surface area contributed by atoms with Crippen molar-refractivity contribution in [2.24, 2.45) is 0 Å². The molecule has 2 aliphatic heterocycles. The first-order valence-electron chi connectivity index (χ1n) is 10.00. The minimum Gasteiger partial charge on any atom is -0.479 e. The summed E-state index contributed by atoms with van der Waals surface area (Å²) in [5, 5.41) is 30.9. The maximum atomic E-state index is 11.7. The molecule has 24 heteroatoms. The monoisotopic (exact) mass is 622 g/mol. The van der Waals surface area contributed by atoms with E-state index < -0.39 is 105 Å². The first-order valence-corrected chi connectivity index (χ1v) is 14.2. The highest BCUT2D eigenvalue weighted by Gasteiger charge is 2.54. The van der Waals surface area contributed by atoms with Crippen molar-refractivity contribution in [1.82, 2.24) is 9.44 Å². The number of hydrogen-bond acceptors (Lipinski definition) is 15. The first-order chi connectivity index (χ1) is 17.3. The molecule has 10 atom stereocenters. The fourth-order valence-corrected chi connectivity index (χ4v) is 5.25. The van der Waals surface area contributed by atoms with E-state index in [0.29, 0.717) is 0 Å². The van der Waals surface area contributed by atoms with Gasteiger partial charge in [-0.2, -0.15) is 34.7 Å². The molecule has 224 valence electrons. The molecule has 2 heterocycles. The maximum absolute atomic E-state index is 11.7. The Labute approximate surface area is 215 Å². The minimum atomic E-state index is -5.15. The molecule has 0 bridgehead atoms. The van der Waals surface area contributed by atoms with Crippen molar-refractivity contribution in [2.75, 3.05) is 20.8 Å². The second kappa shape index (κ2) is 12.5. The Kier molecular flexibility index (Phi) is 10.9. The van der Waals surface area contributed by atoms with E-state index in [2.05, 4.69) is 4.18 Å². The lowest BCUT2D eigenvalue weighted by molar-refractivity contribution is -0.325. The molecule has 0 aromatic rings. The fourth-order valence-electron chi connectivity index (χ4n) is 3.76. The SMILES string of the molecule is CO[C@H]1O[C@H](COS(=O)(=O)O)[C@@H](O[C@@H]2O[C@@H](C(=O)O)[C@@H](OC)[C@H](O)[C@H]2NS(=O)(=O)O)[C@H](O)[C@H]1NS(=O)(=O)O. The van der Waals surface area contributed by atoms with Crippen LogP contribution in [0.3, 0.4) is 0 Å². The molecule has 0 saturated carbocycles. The van der Waals surface area contributed by atoms with Gasteiger partial charge in [0.1, 0.15) is 42.6 Å². The summed E-state index contributed by atoms with van der Waals surface area (Å²) in [5.74, 6) is -1.74. The molecule has 0 amide bonds. The van der Waals surface area contributed by atoms with Crippen molar-refractivity contribution in [1.29, 1.82) is 0 Å². The third kappa shape index (κ3) is 8.91. The van der Waals surface area contributed by atoms with E-state index >= 15 is 0 Å². The summed E-state index contributed by atoms with van der Waals surface area (Å²) >= 11 is 0. The molecule has 38 heavy (non-hydrogen) atoms. The van der Waals surface area contributed by atoms with Crippen molar-refractivity contribution in [2.45, 2.75) is 61.3 Å². The molecule has 2 aliphatic rings. The molecule has 2 saturated heterocycles. The van der Waals surface area contributed by atoms with Gasteiger partial charge in [-0.1, -0.05) is 0 Å². The number of carbonyl (C=O) groups is 1. The van der Waals surface area contributed by atoms with Crippen LogP contribution in [0.1, 0.15) is 0 Å². The lowest BCUT2D eigenvalue weighted by atomic mass is 9.95. The predicted molar refractivity (Wildman–Crippen MR) is 114 cm³/mol. The molecule has 21 nitrogen and oxygen atoms in total. The zero-order valence-electron chi connectivity index (χ0n) is 19.2. The standard InChI is InChI=1S/C14H26N2O19S3/c1-30-10-8(18)6(16-37(24,25)26)14(35-11(10)12(19)20)34-9-4(3-32-38(27,28)29)33-13(31-2)5(7(9)17)15-36(21,22)23/h4-11,13-18H,3H2,1-2H3,(H,19,20)(H,21,22,23)(H,24,25,26)(H,27,28,29)/t4-,5-,6-,7-,8-,9-,10+,11-,13+,14-/m1/s1. The van der Waals surface area contributed by atoms with Crippen LogP contribution in [0.2, 0.25) is 0 Å². The number of aliphatic hydroxyl groups is 2. The van der Waals surface area contributed by atoms with Gasteiger partial charge in [-0.05, 0) is 0 Å². The summed E-state index contributed by atoms with van der Waals surface area (Å²) in [5.41, 5.74) is 0. The van der Waals surface area contributed by atoms with Crippen molar-refractivity contribution >= 4 is 37.0 Å². The second-order valence-electron chi connectivity index (χ2n) is 7.77. The van der Waals surface area contributed by atoms with Gasteiger partial charge in [0.05, 0.1) is 6.61 Å². The number of rotatable bonds is 12. The van der Waals surface area contributed by atoms with E-state index in [1.54, 1.807) is 4.72 Å². The smallest absolute Gasteiger partial charge is 0.397 e. The summed E-state index contributed by atoms with van der Waals surface area (Å²) in [6.45, 7) is -1.16. The number of carboxylic acids is 1. The van der Waals surface area contributed by atoms with Crippen LogP contribution in [0, 0.1) is 0 Å². The summed E-state index contributed by atoms with van der Waals surface area (Å²) in [6.07, 6.45) is -16.0. The van der Waals surface area contributed by atoms with Gasteiger partial charge < -0.3 is 39.0 Å². The van der Waals surface area contributed by atoms with Crippen LogP contribution in [0.5, 0.6) is 0 Å². The minimum absolute atomic E-state index is 0.941. The summed E-state index contributed by atoms with van der Waals surface area (Å²) in [4.78, 5) is 11.7. The van der Waals surface area contributed by atoms with Crippen LogP contribution >= 0.6 is 0 Å². The Morgan fingerprint density at radius 2 is 1.32 bits per heavy atom. The topological polar surface area (TPSA) is 320 Å².